The predicted molar refractivity (Wildman–Crippen MR) is 77.0 cm³/mol. The Morgan fingerprint density at radius 1 is 1.43 bits per heavy atom. The van der Waals surface area contributed by atoms with Gasteiger partial charge in [0.25, 0.3) is 0 Å². The Morgan fingerprint density at radius 2 is 2.10 bits per heavy atom. The number of piperazine rings is 1. The number of nitrogens with one attached hydrogen (secondary N) is 1. The van der Waals surface area contributed by atoms with E-state index < -0.39 is 11.6 Å². The Morgan fingerprint density at radius 3 is 2.62 bits per heavy atom. The molecule has 1 fully saturated rings. The van der Waals surface area contributed by atoms with Crippen molar-refractivity contribution >= 4 is 11.8 Å². The number of aryl methyl sites for hydroxylation is 1. The second kappa shape index (κ2) is 5.46. The van der Waals surface area contributed by atoms with Crippen LogP contribution in [0.5, 0.6) is 0 Å². The molecule has 7 heteroatoms. The highest BCUT2D eigenvalue weighted by atomic mass is 16.2. The first-order chi connectivity index (χ1) is 9.77. The summed E-state index contributed by atoms with van der Waals surface area (Å²) in [5, 5.41) is 6.84. The first-order valence-electron chi connectivity index (χ1n) is 7.24. The molecule has 0 spiro atoms. The van der Waals surface area contributed by atoms with Crippen LogP contribution in [0.15, 0.2) is 6.33 Å². The van der Waals surface area contributed by atoms with Gasteiger partial charge in [0.15, 0.2) is 0 Å². The Balaban J connectivity index is 2.36. The second-order valence-corrected chi connectivity index (χ2v) is 6.18. The largest absolute Gasteiger partial charge is 0.340 e. The minimum atomic E-state index is -0.889. The second-order valence-electron chi connectivity index (χ2n) is 6.18. The van der Waals surface area contributed by atoms with Gasteiger partial charge in [0.2, 0.25) is 11.8 Å². The molecule has 0 saturated carbocycles. The van der Waals surface area contributed by atoms with E-state index in [0.29, 0.717) is 12.4 Å². The van der Waals surface area contributed by atoms with Crippen molar-refractivity contribution in [2.75, 3.05) is 0 Å². The van der Waals surface area contributed by atoms with Crippen molar-refractivity contribution in [3.05, 3.63) is 12.2 Å². The summed E-state index contributed by atoms with van der Waals surface area (Å²) in [5.41, 5.74) is -0.889. The van der Waals surface area contributed by atoms with Crippen molar-refractivity contribution in [2.45, 2.75) is 52.2 Å². The Bertz CT molecular complexity index is 551. The summed E-state index contributed by atoms with van der Waals surface area (Å²) in [6, 6.07) is -0.466. The lowest BCUT2D eigenvalue weighted by atomic mass is 9.89. The number of carbonyl (C=O) groups excluding carboxylic acids is 2. The normalized spacial score (nSPS) is 23.1. The molecule has 7 nitrogen and oxygen atoms in total. The number of rotatable bonds is 4. The molecule has 1 aliphatic heterocycles. The molecule has 1 aromatic rings. The minimum Gasteiger partial charge on any atom is -0.340 e. The van der Waals surface area contributed by atoms with Crippen LogP contribution >= 0.6 is 0 Å². The number of carbonyl (C=O) groups is 2. The zero-order valence-electron chi connectivity index (χ0n) is 13.3. The first-order valence-corrected chi connectivity index (χ1v) is 7.24. The van der Waals surface area contributed by atoms with E-state index in [1.165, 1.54) is 6.33 Å². The predicted octanol–water partition coefficient (Wildman–Crippen LogP) is 0.467. The summed E-state index contributed by atoms with van der Waals surface area (Å²) < 4.78 is 1.63. The zero-order chi connectivity index (χ0) is 15.8. The van der Waals surface area contributed by atoms with E-state index in [0.717, 1.165) is 6.42 Å². The average Bonchev–Trinajstić information content (AvgIpc) is 2.80. The number of hydrogen-bond donors (Lipinski definition) is 1. The highest BCUT2D eigenvalue weighted by molar-refractivity contribution is 5.99. The molecule has 0 aromatic carbocycles. The van der Waals surface area contributed by atoms with Gasteiger partial charge >= 0.3 is 0 Å². The van der Waals surface area contributed by atoms with E-state index in [1.54, 1.807) is 30.5 Å². The zero-order valence-corrected chi connectivity index (χ0v) is 13.3. The molecule has 116 valence electrons. The van der Waals surface area contributed by atoms with E-state index in [-0.39, 0.29) is 17.7 Å². The molecule has 1 aliphatic rings. The minimum absolute atomic E-state index is 0.0817. The third-order valence-corrected chi connectivity index (χ3v) is 4.14. The molecular formula is C14H23N5O2. The maximum absolute atomic E-state index is 12.7. The molecule has 0 bridgehead atoms. The number of hydrogen-bond acceptors (Lipinski definition) is 4. The van der Waals surface area contributed by atoms with Crippen molar-refractivity contribution in [3.63, 3.8) is 0 Å². The number of amides is 2. The van der Waals surface area contributed by atoms with Gasteiger partial charge in [0.05, 0.1) is 6.54 Å². The molecule has 2 rings (SSSR count). The average molecular weight is 293 g/mol. The lowest BCUT2D eigenvalue weighted by molar-refractivity contribution is -0.156. The van der Waals surface area contributed by atoms with E-state index in [2.05, 4.69) is 15.4 Å². The van der Waals surface area contributed by atoms with E-state index >= 15 is 0 Å². The molecule has 1 aromatic heterocycles. The summed E-state index contributed by atoms with van der Waals surface area (Å²) in [6.07, 6.45) is 2.27. The summed E-state index contributed by atoms with van der Waals surface area (Å²) in [5.74, 6) is 0.562. The molecule has 0 radical (unpaired) electrons. The van der Waals surface area contributed by atoms with Crippen molar-refractivity contribution < 1.29 is 9.59 Å². The number of aromatic nitrogens is 3. The van der Waals surface area contributed by atoms with Gasteiger partial charge in [0.1, 0.15) is 23.7 Å². The van der Waals surface area contributed by atoms with Gasteiger partial charge in [-0.25, -0.2) is 4.98 Å². The fourth-order valence-corrected chi connectivity index (χ4v) is 2.64. The smallest absolute Gasteiger partial charge is 0.248 e. The summed E-state index contributed by atoms with van der Waals surface area (Å²) in [6.45, 7) is 7.75. The lowest BCUT2D eigenvalue weighted by Crippen LogP contribution is -2.69. The lowest BCUT2D eigenvalue weighted by Gasteiger charge is -2.44. The van der Waals surface area contributed by atoms with Gasteiger partial charge in [-0.3, -0.25) is 14.3 Å². The third kappa shape index (κ3) is 2.77. The van der Waals surface area contributed by atoms with Crippen LogP contribution < -0.4 is 5.32 Å². The molecule has 2 heterocycles. The van der Waals surface area contributed by atoms with Crippen LogP contribution in [0.2, 0.25) is 0 Å². The Kier molecular flexibility index (Phi) is 4.02. The molecular weight excluding hydrogens is 270 g/mol. The molecule has 21 heavy (non-hydrogen) atoms. The SMILES string of the molecule is CCC(C)C1C(=O)NC(C)(C)C(=O)N1Cc1ncnn1C. The van der Waals surface area contributed by atoms with Crippen LogP contribution in [-0.4, -0.2) is 43.1 Å². The molecule has 2 unspecified atom stereocenters. The summed E-state index contributed by atoms with van der Waals surface area (Å²) >= 11 is 0. The van der Waals surface area contributed by atoms with E-state index in [9.17, 15) is 9.59 Å². The maximum Gasteiger partial charge on any atom is 0.248 e. The van der Waals surface area contributed by atoms with Crippen molar-refractivity contribution in [2.24, 2.45) is 13.0 Å². The van der Waals surface area contributed by atoms with Gasteiger partial charge in [-0.05, 0) is 19.8 Å². The van der Waals surface area contributed by atoms with Crippen LogP contribution in [0, 0.1) is 5.92 Å². The topological polar surface area (TPSA) is 80.1 Å². The standard InChI is InChI=1S/C14H23N5O2/c1-6-9(2)11-12(20)17-14(3,4)13(21)19(11)7-10-15-8-16-18(10)5/h8-9,11H,6-7H2,1-5H3,(H,17,20). The fourth-order valence-electron chi connectivity index (χ4n) is 2.64. The van der Waals surface area contributed by atoms with Crippen molar-refractivity contribution in [1.82, 2.24) is 25.0 Å². The molecule has 1 N–H and O–H groups in total. The summed E-state index contributed by atoms with van der Waals surface area (Å²) in [7, 11) is 1.78. The van der Waals surface area contributed by atoms with Gasteiger partial charge in [-0.15, -0.1) is 0 Å². The quantitative estimate of drug-likeness (QED) is 0.875. The van der Waals surface area contributed by atoms with E-state index in [1.807, 2.05) is 13.8 Å². The first kappa shape index (κ1) is 15.5. The van der Waals surface area contributed by atoms with Crippen LogP contribution in [-0.2, 0) is 23.2 Å². The Hall–Kier alpha value is -1.92. The fraction of sp³-hybridized carbons (Fsp3) is 0.714. The molecule has 1 saturated heterocycles. The van der Waals surface area contributed by atoms with Crippen LogP contribution in [0.4, 0.5) is 0 Å². The monoisotopic (exact) mass is 293 g/mol. The van der Waals surface area contributed by atoms with Crippen LogP contribution in [0.25, 0.3) is 0 Å². The number of nitrogens with zero attached hydrogens (tertiary/aromatic N) is 4. The molecule has 2 amide bonds. The molecule has 0 aliphatic carbocycles. The Labute approximate surface area is 124 Å². The molecule has 2 atom stereocenters. The van der Waals surface area contributed by atoms with Gasteiger partial charge in [-0.1, -0.05) is 20.3 Å². The maximum atomic E-state index is 12.7. The van der Waals surface area contributed by atoms with Crippen molar-refractivity contribution in [3.8, 4) is 0 Å². The van der Waals surface area contributed by atoms with Crippen molar-refractivity contribution in [1.29, 1.82) is 0 Å². The summed E-state index contributed by atoms with van der Waals surface area (Å²) in [4.78, 5) is 30.9. The van der Waals surface area contributed by atoms with Gasteiger partial charge in [0, 0.05) is 7.05 Å². The van der Waals surface area contributed by atoms with Crippen LogP contribution in [0.1, 0.15) is 39.9 Å². The van der Waals surface area contributed by atoms with Gasteiger partial charge in [-0.2, -0.15) is 5.10 Å². The highest BCUT2D eigenvalue weighted by Crippen LogP contribution is 2.25. The highest BCUT2D eigenvalue weighted by Gasteiger charge is 2.47. The van der Waals surface area contributed by atoms with Gasteiger partial charge < -0.3 is 10.2 Å². The van der Waals surface area contributed by atoms with E-state index in [4.69, 9.17) is 0 Å². The van der Waals surface area contributed by atoms with Crippen LogP contribution in [0.3, 0.4) is 0 Å². The third-order valence-electron chi connectivity index (χ3n) is 4.14.